The summed E-state index contributed by atoms with van der Waals surface area (Å²) in [7, 11) is 0. The van der Waals surface area contributed by atoms with Gasteiger partial charge in [-0.3, -0.25) is 4.79 Å². The summed E-state index contributed by atoms with van der Waals surface area (Å²) >= 11 is 0. The number of ether oxygens (including phenoxy) is 2. The van der Waals surface area contributed by atoms with Gasteiger partial charge in [0, 0.05) is 12.5 Å². The van der Waals surface area contributed by atoms with Crippen molar-refractivity contribution in [1.29, 1.82) is 0 Å². The Labute approximate surface area is 247 Å². The van der Waals surface area contributed by atoms with Crippen LogP contribution in [0.3, 0.4) is 0 Å². The number of aliphatic hydroxyl groups excluding tert-OH is 1. The monoisotopic (exact) mass is 570 g/mol. The topological polar surface area (TPSA) is 93.1 Å². The van der Waals surface area contributed by atoms with Gasteiger partial charge in [-0.25, -0.2) is 4.79 Å². The zero-order valence-electron chi connectivity index (χ0n) is 26.9. The highest BCUT2D eigenvalue weighted by molar-refractivity contribution is 5.88. The van der Waals surface area contributed by atoms with Crippen LogP contribution in [0.25, 0.3) is 0 Å². The van der Waals surface area contributed by atoms with E-state index in [2.05, 4.69) is 47.3 Å². The molecule has 4 saturated carbocycles. The number of fused-ring (bicyclic) bond motifs is 5. The molecule has 4 aliphatic carbocycles. The summed E-state index contributed by atoms with van der Waals surface area (Å²) in [5.74, 6) is -0.0379. The van der Waals surface area contributed by atoms with E-state index >= 15 is 0 Å². The van der Waals surface area contributed by atoms with E-state index in [4.69, 9.17) is 9.47 Å². The molecular formula is C35H54O6. The number of aliphatic hydroxyl groups is 1. The number of hydrogen-bond acceptors (Lipinski definition) is 5. The Morgan fingerprint density at radius 2 is 1.71 bits per heavy atom. The molecule has 230 valence electrons. The van der Waals surface area contributed by atoms with Gasteiger partial charge >= 0.3 is 11.9 Å². The summed E-state index contributed by atoms with van der Waals surface area (Å²) in [6, 6.07) is 0. The third-order valence-corrected chi connectivity index (χ3v) is 12.5. The van der Waals surface area contributed by atoms with Crippen LogP contribution < -0.4 is 0 Å². The molecule has 0 amide bonds. The van der Waals surface area contributed by atoms with Crippen molar-refractivity contribution in [2.75, 3.05) is 0 Å². The van der Waals surface area contributed by atoms with Crippen molar-refractivity contribution in [3.05, 3.63) is 35.1 Å². The lowest BCUT2D eigenvalue weighted by Gasteiger charge is -2.69. The highest BCUT2D eigenvalue weighted by Crippen LogP contribution is 2.75. The summed E-state index contributed by atoms with van der Waals surface area (Å²) in [5, 5.41) is 22.6. The predicted molar refractivity (Wildman–Crippen MR) is 161 cm³/mol. The van der Waals surface area contributed by atoms with Crippen molar-refractivity contribution >= 4 is 11.9 Å². The van der Waals surface area contributed by atoms with Gasteiger partial charge in [0.15, 0.2) is 0 Å². The van der Waals surface area contributed by atoms with Gasteiger partial charge in [-0.15, -0.1) is 0 Å². The number of aliphatic carboxylic acids is 1. The third kappa shape index (κ3) is 5.10. The summed E-state index contributed by atoms with van der Waals surface area (Å²) in [6.07, 6.45) is 7.16. The average molecular weight is 571 g/mol. The Hall–Kier alpha value is -2.08. The van der Waals surface area contributed by atoms with E-state index in [1.807, 2.05) is 20.8 Å². The molecule has 0 aromatic rings. The Morgan fingerprint density at radius 3 is 2.27 bits per heavy atom. The lowest BCUT2D eigenvalue weighted by Crippen LogP contribution is -2.67. The van der Waals surface area contributed by atoms with E-state index in [9.17, 15) is 19.8 Å². The maximum Gasteiger partial charge on any atom is 0.331 e. The molecule has 0 aliphatic heterocycles. The van der Waals surface area contributed by atoms with Gasteiger partial charge in [-0.1, -0.05) is 45.9 Å². The van der Waals surface area contributed by atoms with Crippen LogP contribution in [-0.4, -0.2) is 40.0 Å². The Kier molecular flexibility index (Phi) is 8.45. The second kappa shape index (κ2) is 10.9. The second-order valence-corrected chi connectivity index (χ2v) is 15.1. The molecule has 1 unspecified atom stereocenters. The molecular weight excluding hydrogens is 516 g/mol. The predicted octanol–water partition coefficient (Wildman–Crippen LogP) is 7.61. The summed E-state index contributed by atoms with van der Waals surface area (Å²) in [4.78, 5) is 24.8. The van der Waals surface area contributed by atoms with Gasteiger partial charge in [0.1, 0.15) is 11.7 Å². The first-order valence-corrected chi connectivity index (χ1v) is 15.7. The first kappa shape index (κ1) is 31.8. The molecule has 4 rings (SSSR count). The zero-order valence-corrected chi connectivity index (χ0v) is 26.9. The maximum atomic E-state index is 12.8. The van der Waals surface area contributed by atoms with Gasteiger partial charge in [0.05, 0.1) is 11.9 Å². The van der Waals surface area contributed by atoms with Crippen LogP contribution in [0.15, 0.2) is 35.1 Å². The number of carbonyl (C=O) groups excluding carboxylic acids is 1. The van der Waals surface area contributed by atoms with Crippen LogP contribution in [0.2, 0.25) is 0 Å². The first-order chi connectivity index (χ1) is 18.9. The largest absolute Gasteiger partial charge is 0.491 e. The number of rotatable bonds is 7. The number of carboxylic acid groups (broad SMARTS) is 1. The van der Waals surface area contributed by atoms with Crippen LogP contribution in [0.4, 0.5) is 0 Å². The Balaban J connectivity index is 1.79. The van der Waals surface area contributed by atoms with Crippen LogP contribution in [0.5, 0.6) is 0 Å². The molecule has 0 radical (unpaired) electrons. The molecule has 6 heteroatoms. The summed E-state index contributed by atoms with van der Waals surface area (Å²) in [5.41, 5.74) is 1.42. The van der Waals surface area contributed by atoms with E-state index in [1.165, 1.54) is 12.5 Å². The van der Waals surface area contributed by atoms with Crippen molar-refractivity contribution in [2.45, 2.75) is 131 Å². The smallest absolute Gasteiger partial charge is 0.331 e. The minimum absolute atomic E-state index is 0.0584. The number of carbonyl (C=O) groups is 2. The first-order valence-electron chi connectivity index (χ1n) is 15.7. The number of esters is 1. The SMILES string of the molecule is C=C(C)OC1C[C@@]2(C)[C@@H](C[C@@H](O)[C@H]3[C@@]4(C)CC[C@@](C)(OC(C)=O)[C@@H](C)[C@@H]4CC[C@@]32C)/C1=C(\CCC=C(C)C)C(=O)O. The summed E-state index contributed by atoms with van der Waals surface area (Å²) in [6.45, 7) is 22.8. The van der Waals surface area contributed by atoms with Crippen LogP contribution in [0, 0.1) is 39.9 Å². The average Bonchev–Trinajstić information content (AvgIpc) is 3.10. The molecule has 0 heterocycles. The van der Waals surface area contributed by atoms with Gasteiger partial charge in [0.25, 0.3) is 0 Å². The van der Waals surface area contributed by atoms with E-state index < -0.39 is 17.7 Å². The lowest BCUT2D eigenvalue weighted by molar-refractivity contribution is -0.248. The minimum atomic E-state index is -0.884. The molecule has 0 aromatic carbocycles. The van der Waals surface area contributed by atoms with Crippen molar-refractivity contribution in [3.63, 3.8) is 0 Å². The lowest BCUT2D eigenvalue weighted by atomic mass is 9.36. The van der Waals surface area contributed by atoms with Crippen LogP contribution in [0.1, 0.15) is 114 Å². The highest BCUT2D eigenvalue weighted by atomic mass is 16.6. The fourth-order valence-electron chi connectivity index (χ4n) is 10.4. The van der Waals surface area contributed by atoms with E-state index in [0.29, 0.717) is 36.5 Å². The van der Waals surface area contributed by atoms with Crippen LogP contribution in [-0.2, 0) is 19.1 Å². The number of allylic oxidation sites excluding steroid dienone is 3. The molecule has 4 aliphatic rings. The van der Waals surface area contributed by atoms with Crippen molar-refractivity contribution in [3.8, 4) is 0 Å². The molecule has 2 N–H and O–H groups in total. The van der Waals surface area contributed by atoms with Crippen LogP contribution >= 0.6 is 0 Å². The molecule has 10 atom stereocenters. The van der Waals surface area contributed by atoms with Crippen molar-refractivity contribution in [2.24, 2.45) is 39.9 Å². The minimum Gasteiger partial charge on any atom is -0.491 e. The Bertz CT molecular complexity index is 1150. The standard InChI is InChI=1S/C35H54O6/c1-20(2)12-11-13-24(31(38)39)29-26-18-27(37)30-32(7)16-17-35(10,41-23(6)36)22(5)25(32)14-15-33(30,8)34(26,9)19-28(29)40-21(3)4/h12,22,25-28,30,37H,3,11,13-19H2,1-2,4-10H3,(H,38,39)/b29-24-/t22-,25-,26-,27+,28?,30-,32-,33-,34-,35+/m0/s1. The van der Waals surface area contributed by atoms with Crippen molar-refractivity contribution < 1.29 is 29.3 Å². The van der Waals surface area contributed by atoms with Gasteiger partial charge in [0.2, 0.25) is 0 Å². The molecule has 0 bridgehead atoms. The molecule has 6 nitrogen and oxygen atoms in total. The number of hydrogen-bond donors (Lipinski definition) is 2. The summed E-state index contributed by atoms with van der Waals surface area (Å²) < 4.78 is 12.3. The zero-order chi connectivity index (χ0) is 30.7. The van der Waals surface area contributed by atoms with Gasteiger partial charge in [-0.05, 0) is 125 Å². The van der Waals surface area contributed by atoms with E-state index in [1.54, 1.807) is 0 Å². The molecule has 0 saturated heterocycles. The fourth-order valence-corrected chi connectivity index (χ4v) is 10.4. The molecule has 41 heavy (non-hydrogen) atoms. The Morgan fingerprint density at radius 1 is 1.05 bits per heavy atom. The van der Waals surface area contributed by atoms with Crippen molar-refractivity contribution in [1.82, 2.24) is 0 Å². The maximum absolute atomic E-state index is 12.8. The molecule has 0 aromatic heterocycles. The normalized spacial score (nSPS) is 44.5. The van der Waals surface area contributed by atoms with E-state index in [0.717, 1.165) is 37.7 Å². The molecule has 4 fully saturated rings. The van der Waals surface area contributed by atoms with Gasteiger partial charge < -0.3 is 19.7 Å². The van der Waals surface area contributed by atoms with E-state index in [-0.39, 0.29) is 46.1 Å². The van der Waals surface area contributed by atoms with Gasteiger partial charge in [-0.2, -0.15) is 0 Å². The molecule has 0 spiro atoms. The quantitative estimate of drug-likeness (QED) is 0.142. The number of carboxylic acids is 1. The fraction of sp³-hybridized carbons (Fsp3) is 0.771. The third-order valence-electron chi connectivity index (χ3n) is 12.5. The highest BCUT2D eigenvalue weighted by Gasteiger charge is 2.71. The second-order valence-electron chi connectivity index (χ2n) is 15.1.